The molecule has 1 aliphatic carbocycles. The lowest BCUT2D eigenvalue weighted by molar-refractivity contribution is 0.0947. The fraction of sp³-hybridized carbons (Fsp3) is 0.533. The zero-order chi connectivity index (χ0) is 14.7. The van der Waals surface area contributed by atoms with Gasteiger partial charge in [-0.1, -0.05) is 6.92 Å². The van der Waals surface area contributed by atoms with E-state index in [0.717, 1.165) is 13.1 Å². The van der Waals surface area contributed by atoms with Crippen molar-refractivity contribution in [3.05, 3.63) is 29.1 Å². The molecule has 0 saturated heterocycles. The predicted octanol–water partition coefficient (Wildman–Crippen LogP) is 1.93. The number of carbonyl (C=O) groups is 1. The lowest BCUT2D eigenvalue weighted by Crippen LogP contribution is -2.36. The average Bonchev–Trinajstić information content (AvgIpc) is 3.24. The van der Waals surface area contributed by atoms with Crippen LogP contribution in [0.2, 0.25) is 0 Å². The highest BCUT2D eigenvalue weighted by Crippen LogP contribution is 2.25. The second-order valence-corrected chi connectivity index (χ2v) is 5.29. The zero-order valence-electron chi connectivity index (χ0n) is 12.1. The Labute approximate surface area is 119 Å². The first-order valence-corrected chi connectivity index (χ1v) is 7.10. The van der Waals surface area contributed by atoms with Crippen LogP contribution in [0.3, 0.4) is 0 Å². The minimum atomic E-state index is -0.441. The van der Waals surface area contributed by atoms with Gasteiger partial charge in [0.2, 0.25) is 0 Å². The Morgan fingerprint density at radius 2 is 2.20 bits per heavy atom. The number of likely N-dealkylation sites (N-methyl/N-ethyl adjacent to an activating group) is 1. The molecule has 0 unspecified atom stereocenters. The molecule has 0 spiro atoms. The smallest absolute Gasteiger partial charge is 0.251 e. The number of nitrogen functional groups attached to an aromatic ring is 1. The topological polar surface area (TPSA) is 58.4 Å². The summed E-state index contributed by atoms with van der Waals surface area (Å²) in [7, 11) is 0. The van der Waals surface area contributed by atoms with Crippen molar-refractivity contribution in [3.8, 4) is 0 Å². The van der Waals surface area contributed by atoms with Crippen LogP contribution in [0.4, 0.5) is 10.1 Å². The molecule has 2 rings (SSSR count). The van der Waals surface area contributed by atoms with E-state index in [9.17, 15) is 9.18 Å². The van der Waals surface area contributed by atoms with Crippen molar-refractivity contribution in [2.75, 3.05) is 25.4 Å². The van der Waals surface area contributed by atoms with Gasteiger partial charge < -0.3 is 11.1 Å². The highest BCUT2D eigenvalue weighted by molar-refractivity contribution is 5.95. The second-order valence-electron chi connectivity index (χ2n) is 5.29. The molecule has 1 saturated carbocycles. The van der Waals surface area contributed by atoms with Crippen LogP contribution in [-0.2, 0) is 0 Å². The van der Waals surface area contributed by atoms with E-state index in [1.165, 1.54) is 25.0 Å². The number of amides is 1. The van der Waals surface area contributed by atoms with Crippen LogP contribution in [-0.4, -0.2) is 36.5 Å². The van der Waals surface area contributed by atoms with E-state index in [4.69, 9.17) is 5.73 Å². The fourth-order valence-electron chi connectivity index (χ4n) is 2.28. The number of halogens is 1. The largest absolute Gasteiger partial charge is 0.398 e. The molecule has 0 aliphatic heterocycles. The Morgan fingerprint density at radius 3 is 2.75 bits per heavy atom. The molecule has 3 N–H and O–H groups in total. The minimum absolute atomic E-state index is 0.276. The Balaban J connectivity index is 1.88. The first-order valence-electron chi connectivity index (χ1n) is 7.10. The van der Waals surface area contributed by atoms with Crippen molar-refractivity contribution in [3.63, 3.8) is 0 Å². The normalized spacial score (nSPS) is 14.6. The van der Waals surface area contributed by atoms with Gasteiger partial charge in [-0.2, -0.15) is 0 Å². The Hall–Kier alpha value is -1.62. The lowest BCUT2D eigenvalue weighted by Gasteiger charge is -2.19. The predicted molar refractivity (Wildman–Crippen MR) is 78.2 cm³/mol. The summed E-state index contributed by atoms with van der Waals surface area (Å²) < 4.78 is 13.6. The highest BCUT2D eigenvalue weighted by Gasteiger charge is 2.27. The van der Waals surface area contributed by atoms with Crippen LogP contribution in [0.5, 0.6) is 0 Å². The van der Waals surface area contributed by atoms with Gasteiger partial charge in [-0.25, -0.2) is 4.39 Å². The third-order valence-corrected chi connectivity index (χ3v) is 3.80. The third kappa shape index (κ3) is 3.48. The van der Waals surface area contributed by atoms with E-state index in [1.54, 1.807) is 6.92 Å². The summed E-state index contributed by atoms with van der Waals surface area (Å²) in [6.45, 7) is 6.11. The monoisotopic (exact) mass is 279 g/mol. The fourth-order valence-corrected chi connectivity index (χ4v) is 2.28. The summed E-state index contributed by atoms with van der Waals surface area (Å²) in [5, 5.41) is 2.82. The Kier molecular flexibility index (Phi) is 4.60. The molecule has 110 valence electrons. The van der Waals surface area contributed by atoms with Crippen molar-refractivity contribution >= 4 is 11.6 Å². The first-order chi connectivity index (χ1) is 9.52. The maximum absolute atomic E-state index is 13.6. The van der Waals surface area contributed by atoms with E-state index in [2.05, 4.69) is 17.1 Å². The molecule has 0 atom stereocenters. The van der Waals surface area contributed by atoms with Gasteiger partial charge in [-0.05, 0) is 38.4 Å². The molecule has 1 fully saturated rings. The zero-order valence-corrected chi connectivity index (χ0v) is 12.1. The van der Waals surface area contributed by atoms with E-state index in [1.807, 2.05) is 0 Å². The maximum atomic E-state index is 13.6. The molecule has 0 heterocycles. The summed E-state index contributed by atoms with van der Waals surface area (Å²) in [6.07, 6.45) is 2.50. The maximum Gasteiger partial charge on any atom is 0.251 e. The molecule has 1 amide bonds. The van der Waals surface area contributed by atoms with Gasteiger partial charge in [-0.3, -0.25) is 9.69 Å². The number of rotatable bonds is 6. The molecule has 1 aliphatic rings. The van der Waals surface area contributed by atoms with Crippen molar-refractivity contribution in [1.29, 1.82) is 0 Å². The van der Waals surface area contributed by atoms with Crippen LogP contribution < -0.4 is 11.1 Å². The molecule has 4 nitrogen and oxygen atoms in total. The molecule has 20 heavy (non-hydrogen) atoms. The Bertz CT molecular complexity index is 477. The molecular weight excluding hydrogens is 257 g/mol. The van der Waals surface area contributed by atoms with Crippen LogP contribution in [0.15, 0.2) is 12.1 Å². The van der Waals surface area contributed by atoms with Gasteiger partial charge in [0.25, 0.3) is 5.91 Å². The second kappa shape index (κ2) is 6.22. The number of nitrogens with two attached hydrogens (primary N) is 1. The summed E-state index contributed by atoms with van der Waals surface area (Å²) in [4.78, 5) is 14.3. The van der Waals surface area contributed by atoms with Crippen molar-refractivity contribution in [2.24, 2.45) is 0 Å². The van der Waals surface area contributed by atoms with Crippen molar-refractivity contribution < 1.29 is 9.18 Å². The summed E-state index contributed by atoms with van der Waals surface area (Å²) in [5.41, 5.74) is 6.65. The molecule has 1 aromatic rings. The molecule has 5 heteroatoms. The standard InChI is InChI=1S/C15H22FN3O/c1-3-19(12-4-5-12)7-6-18-15(20)11-8-13(16)10(2)14(17)9-11/h8-9,12H,3-7,17H2,1-2H3,(H,18,20). The van der Waals surface area contributed by atoms with Gasteiger partial charge >= 0.3 is 0 Å². The summed E-state index contributed by atoms with van der Waals surface area (Å²) in [6, 6.07) is 3.44. The number of carbonyl (C=O) groups excluding carboxylic acids is 1. The van der Waals surface area contributed by atoms with E-state index in [0.29, 0.717) is 23.8 Å². The first kappa shape index (κ1) is 14.8. The quantitative estimate of drug-likeness (QED) is 0.782. The van der Waals surface area contributed by atoms with Crippen molar-refractivity contribution in [2.45, 2.75) is 32.7 Å². The SMILES string of the molecule is CCN(CCNC(=O)c1cc(N)c(C)c(F)c1)C1CC1. The number of benzene rings is 1. The summed E-state index contributed by atoms with van der Waals surface area (Å²) >= 11 is 0. The molecule has 0 radical (unpaired) electrons. The molecule has 0 aromatic heterocycles. The molecule has 0 bridgehead atoms. The van der Waals surface area contributed by atoms with Crippen LogP contribution >= 0.6 is 0 Å². The van der Waals surface area contributed by atoms with Gasteiger partial charge in [0.1, 0.15) is 5.82 Å². The van der Waals surface area contributed by atoms with Gasteiger partial charge in [0, 0.05) is 35.9 Å². The average molecular weight is 279 g/mol. The van der Waals surface area contributed by atoms with E-state index in [-0.39, 0.29) is 11.5 Å². The minimum Gasteiger partial charge on any atom is -0.398 e. The van der Waals surface area contributed by atoms with E-state index >= 15 is 0 Å². The molecule has 1 aromatic carbocycles. The van der Waals surface area contributed by atoms with Crippen LogP contribution in [0.1, 0.15) is 35.7 Å². The van der Waals surface area contributed by atoms with Crippen molar-refractivity contribution in [1.82, 2.24) is 10.2 Å². The number of nitrogens with one attached hydrogen (secondary N) is 1. The lowest BCUT2D eigenvalue weighted by atomic mass is 10.1. The third-order valence-electron chi connectivity index (χ3n) is 3.80. The van der Waals surface area contributed by atoms with E-state index < -0.39 is 5.82 Å². The van der Waals surface area contributed by atoms with Crippen LogP contribution in [0, 0.1) is 12.7 Å². The Morgan fingerprint density at radius 1 is 1.50 bits per heavy atom. The number of nitrogens with zero attached hydrogens (tertiary/aromatic N) is 1. The van der Waals surface area contributed by atoms with Crippen LogP contribution in [0.25, 0.3) is 0 Å². The van der Waals surface area contributed by atoms with Gasteiger partial charge in [-0.15, -0.1) is 0 Å². The highest BCUT2D eigenvalue weighted by atomic mass is 19.1. The summed E-state index contributed by atoms with van der Waals surface area (Å²) in [5.74, 6) is -0.717. The number of hydrogen-bond acceptors (Lipinski definition) is 3. The number of anilines is 1. The molecular formula is C15H22FN3O. The number of hydrogen-bond donors (Lipinski definition) is 2. The van der Waals surface area contributed by atoms with Gasteiger partial charge in [0.05, 0.1) is 0 Å². The van der Waals surface area contributed by atoms with Gasteiger partial charge in [0.15, 0.2) is 0 Å².